The van der Waals surface area contributed by atoms with Gasteiger partial charge in [0.2, 0.25) is 0 Å². The lowest BCUT2D eigenvalue weighted by atomic mass is 9.99. The molecule has 0 saturated carbocycles. The number of nitrogens with zero attached hydrogens (tertiary/aromatic N) is 2. The molecule has 1 aromatic rings. The molecule has 1 aliphatic heterocycles. The Morgan fingerprint density at radius 1 is 1.53 bits per heavy atom. The van der Waals surface area contributed by atoms with Crippen molar-refractivity contribution in [2.24, 2.45) is 12.8 Å². The number of hydrogen-bond acceptors (Lipinski definition) is 3. The summed E-state index contributed by atoms with van der Waals surface area (Å²) in [7, 11) is 1.92. The average molecular weight is 286 g/mol. The Hall–Kier alpha value is -0.580. The summed E-state index contributed by atoms with van der Waals surface area (Å²) in [6, 6.07) is 0.123. The Bertz CT molecular complexity index is 413. The molecule has 0 aliphatic carbocycles. The van der Waals surface area contributed by atoms with Gasteiger partial charge in [-0.2, -0.15) is 5.10 Å². The molecule has 5 heteroatoms. The van der Waals surface area contributed by atoms with Crippen molar-refractivity contribution in [2.75, 3.05) is 6.61 Å². The van der Waals surface area contributed by atoms with Gasteiger partial charge in [0.05, 0.1) is 22.5 Å². The van der Waals surface area contributed by atoms with Crippen molar-refractivity contribution < 1.29 is 4.74 Å². The second-order valence-electron chi connectivity index (χ2n) is 5.50. The van der Waals surface area contributed by atoms with E-state index in [1.165, 1.54) is 19.3 Å². The zero-order valence-electron chi connectivity index (χ0n) is 11.9. The van der Waals surface area contributed by atoms with E-state index >= 15 is 0 Å². The van der Waals surface area contributed by atoms with Gasteiger partial charge in [0, 0.05) is 26.1 Å². The van der Waals surface area contributed by atoms with Crippen LogP contribution in [0.5, 0.6) is 0 Å². The Kier molecular flexibility index (Phi) is 5.25. The summed E-state index contributed by atoms with van der Waals surface area (Å²) in [4.78, 5) is 0. The van der Waals surface area contributed by atoms with E-state index in [9.17, 15) is 0 Å². The van der Waals surface area contributed by atoms with Crippen molar-refractivity contribution in [1.29, 1.82) is 0 Å². The predicted octanol–water partition coefficient (Wildman–Crippen LogP) is 2.60. The monoisotopic (exact) mass is 285 g/mol. The highest BCUT2D eigenvalue weighted by Crippen LogP contribution is 2.22. The SMILES string of the molecule is Cc1nn(C)c(CC(N)CCC2CCCCO2)c1Cl. The van der Waals surface area contributed by atoms with Crippen molar-refractivity contribution in [3.05, 3.63) is 16.4 Å². The van der Waals surface area contributed by atoms with Crippen LogP contribution in [0.1, 0.15) is 43.5 Å². The van der Waals surface area contributed by atoms with Gasteiger partial charge in [0.1, 0.15) is 0 Å². The zero-order valence-corrected chi connectivity index (χ0v) is 12.6. The minimum Gasteiger partial charge on any atom is -0.378 e. The van der Waals surface area contributed by atoms with Gasteiger partial charge < -0.3 is 10.5 Å². The number of ether oxygens (including phenoxy) is 1. The zero-order chi connectivity index (χ0) is 13.8. The van der Waals surface area contributed by atoms with Crippen LogP contribution >= 0.6 is 11.6 Å². The van der Waals surface area contributed by atoms with Crippen LogP contribution in [0.2, 0.25) is 5.02 Å². The third-order valence-corrected chi connectivity index (χ3v) is 4.34. The molecule has 2 heterocycles. The maximum Gasteiger partial charge on any atom is 0.0847 e. The summed E-state index contributed by atoms with van der Waals surface area (Å²) in [5.41, 5.74) is 8.13. The lowest BCUT2D eigenvalue weighted by Crippen LogP contribution is -2.27. The molecule has 19 heavy (non-hydrogen) atoms. The standard InChI is InChI=1S/C14H24ClN3O/c1-10-14(15)13(18(2)17-10)9-11(16)6-7-12-5-3-4-8-19-12/h11-12H,3-9,16H2,1-2H3. The van der Waals surface area contributed by atoms with Crippen LogP contribution in [0.15, 0.2) is 0 Å². The lowest BCUT2D eigenvalue weighted by Gasteiger charge is -2.23. The van der Waals surface area contributed by atoms with Crippen molar-refractivity contribution in [2.45, 2.75) is 57.6 Å². The number of hydrogen-bond donors (Lipinski definition) is 1. The summed E-state index contributed by atoms with van der Waals surface area (Å²) >= 11 is 6.24. The Morgan fingerprint density at radius 3 is 2.89 bits per heavy atom. The first-order chi connectivity index (χ1) is 9.08. The van der Waals surface area contributed by atoms with Crippen LogP contribution < -0.4 is 5.73 Å². The van der Waals surface area contributed by atoms with E-state index in [0.29, 0.717) is 6.10 Å². The quantitative estimate of drug-likeness (QED) is 0.905. The summed E-state index contributed by atoms with van der Waals surface area (Å²) in [6.07, 6.45) is 6.88. The Labute approximate surface area is 120 Å². The molecule has 1 saturated heterocycles. The average Bonchev–Trinajstić information content (AvgIpc) is 2.64. The van der Waals surface area contributed by atoms with Crippen LogP contribution in [-0.2, 0) is 18.2 Å². The van der Waals surface area contributed by atoms with E-state index in [1.807, 2.05) is 18.7 Å². The van der Waals surface area contributed by atoms with Crippen LogP contribution in [0.4, 0.5) is 0 Å². The van der Waals surface area contributed by atoms with E-state index in [1.54, 1.807) is 0 Å². The van der Waals surface area contributed by atoms with E-state index in [4.69, 9.17) is 22.1 Å². The van der Waals surface area contributed by atoms with Crippen molar-refractivity contribution in [3.8, 4) is 0 Å². The first kappa shape index (κ1) is 14.8. The van der Waals surface area contributed by atoms with Crippen LogP contribution in [0.3, 0.4) is 0 Å². The molecule has 4 nitrogen and oxygen atoms in total. The molecule has 0 aromatic carbocycles. The molecule has 0 spiro atoms. The van der Waals surface area contributed by atoms with E-state index in [-0.39, 0.29) is 6.04 Å². The summed E-state index contributed by atoms with van der Waals surface area (Å²) in [5, 5.41) is 5.07. The highest BCUT2D eigenvalue weighted by atomic mass is 35.5. The first-order valence-corrected chi connectivity index (χ1v) is 7.51. The van der Waals surface area contributed by atoms with Gasteiger partial charge >= 0.3 is 0 Å². The minimum absolute atomic E-state index is 0.123. The smallest absolute Gasteiger partial charge is 0.0847 e. The van der Waals surface area contributed by atoms with Gasteiger partial charge in [-0.05, 0) is 39.0 Å². The lowest BCUT2D eigenvalue weighted by molar-refractivity contribution is 0.00913. The van der Waals surface area contributed by atoms with Crippen LogP contribution in [-0.4, -0.2) is 28.5 Å². The fraction of sp³-hybridized carbons (Fsp3) is 0.786. The predicted molar refractivity (Wildman–Crippen MR) is 77.5 cm³/mol. The number of nitrogens with two attached hydrogens (primary N) is 1. The van der Waals surface area contributed by atoms with Crippen molar-refractivity contribution >= 4 is 11.6 Å². The largest absolute Gasteiger partial charge is 0.378 e. The fourth-order valence-corrected chi connectivity index (χ4v) is 2.92. The summed E-state index contributed by atoms with van der Waals surface area (Å²) in [5.74, 6) is 0. The van der Waals surface area contributed by atoms with Gasteiger partial charge in [-0.1, -0.05) is 11.6 Å². The molecule has 1 aliphatic rings. The maximum absolute atomic E-state index is 6.24. The maximum atomic E-state index is 6.24. The number of halogens is 1. The Morgan fingerprint density at radius 2 is 2.32 bits per heavy atom. The second-order valence-corrected chi connectivity index (χ2v) is 5.88. The van der Waals surface area contributed by atoms with Gasteiger partial charge in [0.25, 0.3) is 0 Å². The number of aryl methyl sites for hydroxylation is 2. The molecule has 2 N–H and O–H groups in total. The van der Waals surface area contributed by atoms with Gasteiger partial charge in [-0.15, -0.1) is 0 Å². The number of rotatable bonds is 5. The molecule has 1 fully saturated rings. The molecule has 0 bridgehead atoms. The molecular formula is C14H24ClN3O. The number of aromatic nitrogens is 2. The van der Waals surface area contributed by atoms with Crippen LogP contribution in [0.25, 0.3) is 0 Å². The minimum atomic E-state index is 0.123. The summed E-state index contributed by atoms with van der Waals surface area (Å²) in [6.45, 7) is 2.83. The third-order valence-electron chi connectivity index (χ3n) is 3.85. The van der Waals surface area contributed by atoms with E-state index < -0.39 is 0 Å². The molecule has 0 radical (unpaired) electrons. The van der Waals surface area contributed by atoms with Crippen molar-refractivity contribution in [3.63, 3.8) is 0 Å². The van der Waals surface area contributed by atoms with E-state index in [2.05, 4.69) is 5.10 Å². The molecule has 108 valence electrons. The topological polar surface area (TPSA) is 53.1 Å². The molecule has 2 atom stereocenters. The normalized spacial score (nSPS) is 21.6. The molecule has 2 rings (SSSR count). The molecule has 0 amide bonds. The van der Waals surface area contributed by atoms with Crippen LogP contribution in [0, 0.1) is 6.92 Å². The van der Waals surface area contributed by atoms with E-state index in [0.717, 1.165) is 42.3 Å². The highest BCUT2D eigenvalue weighted by Gasteiger charge is 2.18. The van der Waals surface area contributed by atoms with Gasteiger partial charge in [0.15, 0.2) is 0 Å². The second kappa shape index (κ2) is 6.73. The summed E-state index contributed by atoms with van der Waals surface area (Å²) < 4.78 is 7.57. The first-order valence-electron chi connectivity index (χ1n) is 7.13. The fourth-order valence-electron chi connectivity index (χ4n) is 2.69. The molecule has 2 unspecified atom stereocenters. The highest BCUT2D eigenvalue weighted by molar-refractivity contribution is 6.31. The Balaban J connectivity index is 1.81. The third kappa shape index (κ3) is 3.94. The van der Waals surface area contributed by atoms with Gasteiger partial charge in [-0.25, -0.2) is 0 Å². The molecule has 1 aromatic heterocycles. The van der Waals surface area contributed by atoms with Gasteiger partial charge in [-0.3, -0.25) is 4.68 Å². The van der Waals surface area contributed by atoms with Crippen molar-refractivity contribution in [1.82, 2.24) is 9.78 Å². The molecular weight excluding hydrogens is 262 g/mol.